The topological polar surface area (TPSA) is 75.7 Å². The number of anilines is 1. The number of carbonyl (C=O) groups excluding carboxylic acids is 1. The number of carbonyl (C=O) groups is 1. The lowest BCUT2D eigenvalue weighted by atomic mass is 9.87. The Morgan fingerprint density at radius 3 is 2.56 bits per heavy atom. The van der Waals surface area contributed by atoms with Crippen molar-refractivity contribution < 1.29 is 17.9 Å². The SMILES string of the molecule is COc1ccc2c(c1)CCCC2NC(=O)CN(c1ccccc1C)S(=O)(=O)c1ccc(Cl)cc1. The molecule has 1 amide bonds. The molecule has 1 aliphatic carbocycles. The third-order valence-corrected chi connectivity index (χ3v) is 8.10. The average Bonchev–Trinajstić information content (AvgIpc) is 2.83. The van der Waals surface area contributed by atoms with E-state index in [0.717, 1.165) is 41.7 Å². The lowest BCUT2D eigenvalue weighted by Gasteiger charge is -2.29. The number of para-hydroxylation sites is 1. The Morgan fingerprint density at radius 2 is 1.85 bits per heavy atom. The molecule has 0 saturated heterocycles. The molecule has 1 aliphatic rings. The van der Waals surface area contributed by atoms with Gasteiger partial charge in [-0.3, -0.25) is 9.10 Å². The predicted octanol–water partition coefficient (Wildman–Crippen LogP) is 5.05. The molecule has 8 heteroatoms. The van der Waals surface area contributed by atoms with Gasteiger partial charge in [0.05, 0.1) is 23.7 Å². The maximum Gasteiger partial charge on any atom is 0.264 e. The van der Waals surface area contributed by atoms with Crippen LogP contribution >= 0.6 is 11.6 Å². The summed E-state index contributed by atoms with van der Waals surface area (Å²) in [6.07, 6.45) is 2.63. The largest absolute Gasteiger partial charge is 0.497 e. The van der Waals surface area contributed by atoms with Crippen molar-refractivity contribution in [3.8, 4) is 5.75 Å². The summed E-state index contributed by atoms with van der Waals surface area (Å²) in [5.41, 5.74) is 3.40. The van der Waals surface area contributed by atoms with Crippen molar-refractivity contribution in [1.29, 1.82) is 0 Å². The summed E-state index contributed by atoms with van der Waals surface area (Å²) in [6.45, 7) is 1.49. The number of hydrogen-bond donors (Lipinski definition) is 1. The van der Waals surface area contributed by atoms with Crippen LogP contribution < -0.4 is 14.4 Å². The Morgan fingerprint density at radius 1 is 1.12 bits per heavy atom. The minimum atomic E-state index is -4.00. The van der Waals surface area contributed by atoms with E-state index in [4.69, 9.17) is 16.3 Å². The first-order valence-electron chi connectivity index (χ1n) is 11.1. The van der Waals surface area contributed by atoms with Gasteiger partial charge in [0.25, 0.3) is 10.0 Å². The van der Waals surface area contributed by atoms with E-state index in [1.165, 1.54) is 28.6 Å². The molecule has 0 aromatic heterocycles. The molecule has 178 valence electrons. The zero-order chi connectivity index (χ0) is 24.3. The van der Waals surface area contributed by atoms with Gasteiger partial charge in [-0.25, -0.2) is 8.42 Å². The van der Waals surface area contributed by atoms with Gasteiger partial charge in [0, 0.05) is 5.02 Å². The highest BCUT2D eigenvalue weighted by atomic mass is 35.5. The van der Waals surface area contributed by atoms with E-state index >= 15 is 0 Å². The van der Waals surface area contributed by atoms with Gasteiger partial charge in [-0.05, 0) is 85.3 Å². The number of rotatable bonds is 7. The summed E-state index contributed by atoms with van der Waals surface area (Å²) < 4.78 is 33.7. The number of nitrogens with one attached hydrogen (secondary N) is 1. The van der Waals surface area contributed by atoms with E-state index in [0.29, 0.717) is 10.7 Å². The highest BCUT2D eigenvalue weighted by Crippen LogP contribution is 2.33. The molecule has 6 nitrogen and oxygen atoms in total. The fourth-order valence-corrected chi connectivity index (χ4v) is 5.93. The number of hydrogen-bond acceptors (Lipinski definition) is 4. The molecule has 0 spiro atoms. The summed E-state index contributed by atoms with van der Waals surface area (Å²) in [7, 11) is -2.37. The van der Waals surface area contributed by atoms with Crippen molar-refractivity contribution in [3.63, 3.8) is 0 Å². The van der Waals surface area contributed by atoms with Gasteiger partial charge >= 0.3 is 0 Å². The predicted molar refractivity (Wildman–Crippen MR) is 134 cm³/mol. The van der Waals surface area contributed by atoms with Gasteiger partial charge in [-0.2, -0.15) is 0 Å². The zero-order valence-corrected chi connectivity index (χ0v) is 20.7. The van der Waals surface area contributed by atoms with Crippen LogP contribution in [-0.2, 0) is 21.2 Å². The maximum absolute atomic E-state index is 13.6. The molecule has 1 unspecified atom stereocenters. The highest BCUT2D eigenvalue weighted by molar-refractivity contribution is 7.92. The normalized spacial score (nSPS) is 15.3. The fraction of sp³-hybridized carbons (Fsp3) is 0.269. The van der Waals surface area contributed by atoms with Gasteiger partial charge in [0.2, 0.25) is 5.91 Å². The van der Waals surface area contributed by atoms with E-state index in [2.05, 4.69) is 5.32 Å². The Labute approximate surface area is 205 Å². The third kappa shape index (κ3) is 5.05. The summed E-state index contributed by atoms with van der Waals surface area (Å²) in [5, 5.41) is 3.49. The van der Waals surface area contributed by atoms with Crippen LogP contribution in [0.1, 0.15) is 35.6 Å². The van der Waals surface area contributed by atoms with E-state index < -0.39 is 10.0 Å². The van der Waals surface area contributed by atoms with Crippen LogP contribution in [0.4, 0.5) is 5.69 Å². The molecule has 1 N–H and O–H groups in total. The van der Waals surface area contributed by atoms with Gasteiger partial charge in [0.15, 0.2) is 0 Å². The summed E-state index contributed by atoms with van der Waals surface area (Å²) in [6, 6.07) is 18.7. The molecular formula is C26H27ClN2O4S. The Bertz CT molecular complexity index is 1290. The number of halogens is 1. The van der Waals surface area contributed by atoms with Crippen molar-refractivity contribution in [2.75, 3.05) is 18.0 Å². The second-order valence-electron chi connectivity index (χ2n) is 8.33. The van der Waals surface area contributed by atoms with Crippen molar-refractivity contribution in [3.05, 3.63) is 88.4 Å². The molecule has 0 fully saturated rings. The summed E-state index contributed by atoms with van der Waals surface area (Å²) in [4.78, 5) is 13.3. The minimum absolute atomic E-state index is 0.0723. The number of sulfonamides is 1. The van der Waals surface area contributed by atoms with Crippen LogP contribution in [0, 0.1) is 6.92 Å². The lowest BCUT2D eigenvalue weighted by Crippen LogP contribution is -2.42. The van der Waals surface area contributed by atoms with Crippen LogP contribution in [0.2, 0.25) is 5.02 Å². The van der Waals surface area contributed by atoms with Crippen LogP contribution in [0.3, 0.4) is 0 Å². The van der Waals surface area contributed by atoms with E-state index in [1.54, 1.807) is 19.2 Å². The summed E-state index contributed by atoms with van der Waals surface area (Å²) >= 11 is 5.96. The van der Waals surface area contributed by atoms with E-state index in [9.17, 15) is 13.2 Å². The summed E-state index contributed by atoms with van der Waals surface area (Å²) in [5.74, 6) is 0.417. The van der Waals surface area contributed by atoms with Crippen LogP contribution in [0.15, 0.2) is 71.6 Å². The fourth-order valence-electron chi connectivity index (χ4n) is 4.31. The van der Waals surface area contributed by atoms with Gasteiger partial charge in [-0.15, -0.1) is 0 Å². The average molecular weight is 499 g/mol. The number of ether oxygens (including phenoxy) is 1. The minimum Gasteiger partial charge on any atom is -0.497 e. The quantitative estimate of drug-likeness (QED) is 0.494. The first kappa shape index (κ1) is 24.1. The smallest absolute Gasteiger partial charge is 0.264 e. The highest BCUT2D eigenvalue weighted by Gasteiger charge is 2.30. The van der Waals surface area contributed by atoms with E-state index in [1.807, 2.05) is 37.3 Å². The van der Waals surface area contributed by atoms with Crippen molar-refractivity contribution in [2.24, 2.45) is 0 Å². The van der Waals surface area contributed by atoms with Crippen LogP contribution in [0.25, 0.3) is 0 Å². The number of amides is 1. The van der Waals surface area contributed by atoms with Crippen molar-refractivity contribution >= 4 is 33.2 Å². The second-order valence-corrected chi connectivity index (χ2v) is 10.6. The van der Waals surface area contributed by atoms with Gasteiger partial charge in [-0.1, -0.05) is 35.9 Å². The maximum atomic E-state index is 13.6. The Kier molecular flexibility index (Phi) is 7.14. The molecule has 0 bridgehead atoms. The van der Waals surface area contributed by atoms with Gasteiger partial charge < -0.3 is 10.1 Å². The number of aryl methyl sites for hydroxylation is 2. The number of benzene rings is 3. The van der Waals surface area contributed by atoms with Crippen LogP contribution in [-0.4, -0.2) is 28.0 Å². The number of fused-ring (bicyclic) bond motifs is 1. The molecule has 3 aromatic carbocycles. The molecule has 0 saturated carbocycles. The number of nitrogens with zero attached hydrogens (tertiary/aromatic N) is 1. The first-order valence-corrected chi connectivity index (χ1v) is 12.9. The molecule has 34 heavy (non-hydrogen) atoms. The molecular weight excluding hydrogens is 472 g/mol. The molecule has 0 aliphatic heterocycles. The van der Waals surface area contributed by atoms with E-state index in [-0.39, 0.29) is 23.4 Å². The molecule has 1 atom stereocenters. The zero-order valence-electron chi connectivity index (χ0n) is 19.1. The standard InChI is InChI=1S/C26H27ClN2O4S/c1-18-6-3-4-9-25(18)29(34(31,32)22-13-10-20(27)11-14-22)17-26(30)28-24-8-5-7-19-16-21(33-2)12-15-23(19)24/h3-4,6,9-16,24H,5,7-8,17H2,1-2H3,(H,28,30). The Balaban J connectivity index is 1.62. The Hall–Kier alpha value is -3.03. The van der Waals surface area contributed by atoms with Crippen LogP contribution in [0.5, 0.6) is 5.75 Å². The lowest BCUT2D eigenvalue weighted by molar-refractivity contribution is -0.120. The number of methoxy groups -OCH3 is 1. The van der Waals surface area contributed by atoms with Crippen molar-refractivity contribution in [2.45, 2.75) is 37.1 Å². The van der Waals surface area contributed by atoms with Gasteiger partial charge in [0.1, 0.15) is 12.3 Å². The molecule has 3 aromatic rings. The molecule has 0 heterocycles. The first-order chi connectivity index (χ1) is 16.3. The van der Waals surface area contributed by atoms with Crippen molar-refractivity contribution in [1.82, 2.24) is 5.32 Å². The third-order valence-electron chi connectivity index (χ3n) is 6.07. The molecule has 4 rings (SSSR count). The molecule has 0 radical (unpaired) electrons. The monoisotopic (exact) mass is 498 g/mol. The second kappa shape index (κ2) is 10.1.